The highest BCUT2D eigenvalue weighted by atomic mass is 16.2. The highest BCUT2D eigenvalue weighted by molar-refractivity contribution is 6.35. The number of amides is 2. The van der Waals surface area contributed by atoms with Gasteiger partial charge in [0.25, 0.3) is 0 Å². The van der Waals surface area contributed by atoms with E-state index in [4.69, 9.17) is 0 Å². The number of hydrogen-bond donors (Lipinski definition) is 2. The lowest BCUT2D eigenvalue weighted by Crippen LogP contribution is -2.45. The molecule has 5 heteroatoms. The summed E-state index contributed by atoms with van der Waals surface area (Å²) in [4.78, 5) is 25.8. The molecule has 0 radical (unpaired) electrons. The summed E-state index contributed by atoms with van der Waals surface area (Å²) >= 11 is 0. The maximum Gasteiger partial charge on any atom is 0.309 e. The van der Waals surface area contributed by atoms with E-state index in [1.165, 1.54) is 0 Å². The van der Waals surface area contributed by atoms with Gasteiger partial charge < -0.3 is 15.5 Å². The lowest BCUT2D eigenvalue weighted by Gasteiger charge is -2.26. The van der Waals surface area contributed by atoms with Crippen LogP contribution in [0.1, 0.15) is 25.5 Å². The minimum atomic E-state index is -0.601. The van der Waals surface area contributed by atoms with Gasteiger partial charge in [-0.25, -0.2) is 0 Å². The van der Waals surface area contributed by atoms with Crippen LogP contribution in [0, 0.1) is 0 Å². The van der Waals surface area contributed by atoms with Crippen LogP contribution in [0.5, 0.6) is 0 Å². The van der Waals surface area contributed by atoms with Crippen molar-refractivity contribution in [1.82, 2.24) is 15.5 Å². The van der Waals surface area contributed by atoms with E-state index in [9.17, 15) is 9.59 Å². The van der Waals surface area contributed by atoms with E-state index < -0.39 is 11.8 Å². The van der Waals surface area contributed by atoms with Gasteiger partial charge in [0.15, 0.2) is 0 Å². The highest BCUT2D eigenvalue weighted by Gasteiger charge is 2.20. The molecule has 0 bridgehead atoms. The molecule has 2 rings (SSSR count). The predicted molar refractivity (Wildman–Crippen MR) is 96.7 cm³/mol. The molecule has 2 N–H and O–H groups in total. The van der Waals surface area contributed by atoms with Gasteiger partial charge in [-0.15, -0.1) is 0 Å². The summed E-state index contributed by atoms with van der Waals surface area (Å²) in [5.41, 5.74) is 1.13. The third kappa shape index (κ3) is 4.32. The fraction of sp³-hybridized carbons (Fsp3) is 0.368. The van der Waals surface area contributed by atoms with Crippen molar-refractivity contribution in [3.8, 4) is 0 Å². The van der Waals surface area contributed by atoms with Crippen molar-refractivity contribution >= 4 is 22.6 Å². The van der Waals surface area contributed by atoms with Crippen molar-refractivity contribution in [3.05, 3.63) is 48.0 Å². The van der Waals surface area contributed by atoms with Gasteiger partial charge in [-0.1, -0.05) is 42.5 Å². The van der Waals surface area contributed by atoms with E-state index >= 15 is 0 Å². The largest absolute Gasteiger partial charge is 0.346 e. The van der Waals surface area contributed by atoms with Gasteiger partial charge >= 0.3 is 11.8 Å². The van der Waals surface area contributed by atoms with E-state index in [0.29, 0.717) is 6.54 Å². The normalized spacial score (nSPS) is 12.4. The Bertz CT molecular complexity index is 720. The van der Waals surface area contributed by atoms with Gasteiger partial charge in [0, 0.05) is 12.6 Å². The summed E-state index contributed by atoms with van der Waals surface area (Å²) in [6, 6.07) is 14.2. The smallest absolute Gasteiger partial charge is 0.309 e. The van der Waals surface area contributed by atoms with E-state index in [2.05, 4.69) is 34.9 Å². The van der Waals surface area contributed by atoms with Crippen molar-refractivity contribution in [2.24, 2.45) is 0 Å². The SMILES string of the molecule is CC(C)NC(=O)C(=O)NC[C@H](c1cccc2ccccc12)N(C)C. The zero-order valence-electron chi connectivity index (χ0n) is 14.7. The second kappa shape index (κ2) is 7.93. The molecule has 0 unspecified atom stereocenters. The van der Waals surface area contributed by atoms with Gasteiger partial charge in [0.05, 0.1) is 6.04 Å². The van der Waals surface area contributed by atoms with Crippen LogP contribution in [0.3, 0.4) is 0 Å². The van der Waals surface area contributed by atoms with Crippen molar-refractivity contribution in [1.29, 1.82) is 0 Å². The number of nitrogens with zero attached hydrogens (tertiary/aromatic N) is 1. The molecule has 128 valence electrons. The quantitative estimate of drug-likeness (QED) is 0.827. The molecule has 2 aromatic carbocycles. The molecule has 0 saturated heterocycles. The molecular formula is C19H25N3O2. The van der Waals surface area contributed by atoms with Crippen LogP contribution in [0.2, 0.25) is 0 Å². The third-order valence-electron chi connectivity index (χ3n) is 3.89. The molecule has 0 heterocycles. The summed E-state index contributed by atoms with van der Waals surface area (Å²) in [6.45, 7) is 4.01. The fourth-order valence-corrected chi connectivity index (χ4v) is 2.71. The maximum atomic E-state index is 12.0. The number of fused-ring (bicyclic) bond motifs is 1. The molecule has 0 spiro atoms. The molecular weight excluding hydrogens is 302 g/mol. The van der Waals surface area contributed by atoms with Gasteiger partial charge in [-0.2, -0.15) is 0 Å². The number of rotatable bonds is 5. The van der Waals surface area contributed by atoms with E-state index in [0.717, 1.165) is 16.3 Å². The van der Waals surface area contributed by atoms with Crippen LogP contribution in [-0.4, -0.2) is 43.4 Å². The Morgan fingerprint density at radius 1 is 1.00 bits per heavy atom. The summed E-state index contributed by atoms with van der Waals surface area (Å²) in [6.07, 6.45) is 0. The Hall–Kier alpha value is -2.40. The molecule has 0 fully saturated rings. The summed E-state index contributed by atoms with van der Waals surface area (Å²) < 4.78 is 0. The van der Waals surface area contributed by atoms with Crippen molar-refractivity contribution < 1.29 is 9.59 Å². The van der Waals surface area contributed by atoms with E-state index in [1.807, 2.05) is 51.0 Å². The lowest BCUT2D eigenvalue weighted by atomic mass is 9.98. The Morgan fingerprint density at radius 2 is 1.67 bits per heavy atom. The standard InChI is InChI=1S/C19H25N3O2/c1-13(2)21-19(24)18(23)20-12-17(22(3)4)16-11-7-9-14-8-5-6-10-15(14)16/h5-11,13,17H,12H2,1-4H3,(H,20,23)(H,21,24)/t17-/m1/s1. The van der Waals surface area contributed by atoms with Crippen LogP contribution < -0.4 is 10.6 Å². The molecule has 0 aliphatic carbocycles. The maximum absolute atomic E-state index is 12.0. The van der Waals surface area contributed by atoms with Crippen LogP contribution >= 0.6 is 0 Å². The summed E-state index contributed by atoms with van der Waals surface area (Å²) in [5.74, 6) is -1.20. The van der Waals surface area contributed by atoms with E-state index in [-0.39, 0.29) is 12.1 Å². The van der Waals surface area contributed by atoms with Crippen LogP contribution in [-0.2, 0) is 9.59 Å². The monoisotopic (exact) mass is 327 g/mol. The average Bonchev–Trinajstić information content (AvgIpc) is 2.54. The minimum absolute atomic E-state index is 0.0214. The van der Waals surface area contributed by atoms with E-state index in [1.54, 1.807) is 0 Å². The number of carbonyl (C=O) groups excluding carboxylic acids is 2. The molecule has 0 aromatic heterocycles. The first kappa shape index (κ1) is 17.9. The number of nitrogens with one attached hydrogen (secondary N) is 2. The Kier molecular flexibility index (Phi) is 5.93. The molecule has 2 amide bonds. The zero-order chi connectivity index (χ0) is 17.7. The molecule has 0 aliphatic rings. The number of benzene rings is 2. The van der Waals surface area contributed by atoms with Gasteiger partial charge in [0.1, 0.15) is 0 Å². The van der Waals surface area contributed by atoms with Crippen LogP contribution in [0.15, 0.2) is 42.5 Å². The Labute approximate surface area is 143 Å². The average molecular weight is 327 g/mol. The topological polar surface area (TPSA) is 61.4 Å². The van der Waals surface area contributed by atoms with Crippen LogP contribution in [0.25, 0.3) is 10.8 Å². The lowest BCUT2D eigenvalue weighted by molar-refractivity contribution is -0.139. The first-order chi connectivity index (χ1) is 11.4. The second-order valence-corrected chi connectivity index (χ2v) is 6.39. The first-order valence-electron chi connectivity index (χ1n) is 8.13. The fourth-order valence-electron chi connectivity index (χ4n) is 2.71. The minimum Gasteiger partial charge on any atom is -0.346 e. The molecule has 0 aliphatic heterocycles. The number of likely N-dealkylation sites (N-methyl/N-ethyl adjacent to an activating group) is 1. The summed E-state index contributed by atoms with van der Waals surface area (Å²) in [5, 5.41) is 7.65. The zero-order valence-corrected chi connectivity index (χ0v) is 14.7. The molecule has 24 heavy (non-hydrogen) atoms. The van der Waals surface area contributed by atoms with Crippen molar-refractivity contribution in [3.63, 3.8) is 0 Å². The van der Waals surface area contributed by atoms with Crippen LogP contribution in [0.4, 0.5) is 0 Å². The number of carbonyl (C=O) groups is 2. The Morgan fingerprint density at radius 3 is 2.33 bits per heavy atom. The second-order valence-electron chi connectivity index (χ2n) is 6.39. The van der Waals surface area contributed by atoms with Gasteiger partial charge in [-0.05, 0) is 44.3 Å². The molecule has 0 saturated carbocycles. The first-order valence-corrected chi connectivity index (χ1v) is 8.13. The molecule has 5 nitrogen and oxygen atoms in total. The van der Waals surface area contributed by atoms with Gasteiger partial charge in [-0.3, -0.25) is 9.59 Å². The Balaban J connectivity index is 2.18. The number of hydrogen-bond acceptors (Lipinski definition) is 3. The molecule has 2 aromatic rings. The summed E-state index contributed by atoms with van der Waals surface area (Å²) in [7, 11) is 3.93. The highest BCUT2D eigenvalue weighted by Crippen LogP contribution is 2.26. The molecule has 1 atom stereocenters. The van der Waals surface area contributed by atoms with Crippen molar-refractivity contribution in [2.75, 3.05) is 20.6 Å². The van der Waals surface area contributed by atoms with Crippen molar-refractivity contribution in [2.45, 2.75) is 25.9 Å². The predicted octanol–water partition coefficient (Wildman–Crippen LogP) is 2.08. The third-order valence-corrected chi connectivity index (χ3v) is 3.89. The van der Waals surface area contributed by atoms with Gasteiger partial charge in [0.2, 0.25) is 0 Å².